The van der Waals surface area contributed by atoms with Crippen LogP contribution >= 0.6 is 0 Å². The number of nitrogens with two attached hydrogens (primary N) is 1. The normalized spacial score (nSPS) is 20.4. The van der Waals surface area contributed by atoms with Crippen LogP contribution in [0.3, 0.4) is 0 Å². The SMILES string of the molecule is CCC(CCN)CCCNC1(CC)CCC1. The van der Waals surface area contributed by atoms with Crippen LogP contribution in [0, 0.1) is 5.92 Å². The van der Waals surface area contributed by atoms with Gasteiger partial charge in [-0.1, -0.05) is 20.3 Å². The van der Waals surface area contributed by atoms with E-state index in [-0.39, 0.29) is 0 Å². The van der Waals surface area contributed by atoms with Crippen molar-refractivity contribution in [1.82, 2.24) is 5.32 Å². The number of hydrogen-bond donors (Lipinski definition) is 2. The zero-order valence-electron chi connectivity index (χ0n) is 11.2. The highest BCUT2D eigenvalue weighted by atomic mass is 15.0. The minimum absolute atomic E-state index is 0.523. The molecule has 16 heavy (non-hydrogen) atoms. The van der Waals surface area contributed by atoms with Gasteiger partial charge >= 0.3 is 0 Å². The third kappa shape index (κ3) is 4.06. The minimum Gasteiger partial charge on any atom is -0.330 e. The van der Waals surface area contributed by atoms with E-state index in [1.807, 2.05) is 0 Å². The summed E-state index contributed by atoms with van der Waals surface area (Å²) in [4.78, 5) is 0. The maximum atomic E-state index is 5.62. The van der Waals surface area contributed by atoms with Crippen molar-refractivity contribution in [3.63, 3.8) is 0 Å². The Bertz CT molecular complexity index is 170. The second-order valence-corrected chi connectivity index (χ2v) is 5.41. The van der Waals surface area contributed by atoms with Crippen molar-refractivity contribution in [1.29, 1.82) is 0 Å². The molecule has 2 heteroatoms. The van der Waals surface area contributed by atoms with Gasteiger partial charge in [0.05, 0.1) is 0 Å². The van der Waals surface area contributed by atoms with E-state index in [1.165, 1.54) is 57.9 Å². The highest BCUT2D eigenvalue weighted by Crippen LogP contribution is 2.34. The fraction of sp³-hybridized carbons (Fsp3) is 1.00. The molecule has 1 aliphatic carbocycles. The molecule has 1 atom stereocenters. The lowest BCUT2D eigenvalue weighted by Gasteiger charge is -2.42. The molecule has 0 aliphatic heterocycles. The summed E-state index contributed by atoms with van der Waals surface area (Å²) < 4.78 is 0. The van der Waals surface area contributed by atoms with Crippen molar-refractivity contribution in [3.05, 3.63) is 0 Å². The van der Waals surface area contributed by atoms with Gasteiger partial charge in [-0.15, -0.1) is 0 Å². The Balaban J connectivity index is 2.06. The Labute approximate surface area is 101 Å². The number of rotatable bonds is 9. The standard InChI is InChI=1S/C14H30N2/c1-3-13(8-11-15)7-5-12-16-14(4-2)9-6-10-14/h13,16H,3-12,15H2,1-2H3. The summed E-state index contributed by atoms with van der Waals surface area (Å²) in [6.45, 7) is 6.66. The molecule has 0 bridgehead atoms. The average molecular weight is 226 g/mol. The molecule has 0 aromatic heterocycles. The largest absolute Gasteiger partial charge is 0.330 e. The summed E-state index contributed by atoms with van der Waals surface area (Å²) in [6.07, 6.45) is 10.7. The molecule has 0 heterocycles. The first-order valence-electron chi connectivity index (χ1n) is 7.21. The molecule has 0 radical (unpaired) electrons. The molecule has 96 valence electrons. The van der Waals surface area contributed by atoms with Crippen LogP contribution in [0.1, 0.15) is 65.2 Å². The van der Waals surface area contributed by atoms with Gasteiger partial charge in [-0.2, -0.15) is 0 Å². The zero-order chi connectivity index (χ0) is 11.9. The van der Waals surface area contributed by atoms with Crippen LogP contribution < -0.4 is 11.1 Å². The van der Waals surface area contributed by atoms with Crippen LogP contribution in [0.25, 0.3) is 0 Å². The summed E-state index contributed by atoms with van der Waals surface area (Å²) >= 11 is 0. The predicted octanol–water partition coefficient (Wildman–Crippen LogP) is 3.06. The number of nitrogens with one attached hydrogen (secondary N) is 1. The molecule has 1 saturated carbocycles. The van der Waals surface area contributed by atoms with Gasteiger partial charge in [0, 0.05) is 5.54 Å². The second kappa shape index (κ2) is 7.29. The quantitative estimate of drug-likeness (QED) is 0.593. The lowest BCUT2D eigenvalue weighted by Crippen LogP contribution is -2.50. The van der Waals surface area contributed by atoms with Crippen molar-refractivity contribution in [2.75, 3.05) is 13.1 Å². The lowest BCUT2D eigenvalue weighted by atomic mass is 9.75. The molecule has 1 unspecified atom stereocenters. The van der Waals surface area contributed by atoms with E-state index in [9.17, 15) is 0 Å². The molecular formula is C14H30N2. The first kappa shape index (κ1) is 14.0. The van der Waals surface area contributed by atoms with Gasteiger partial charge in [-0.3, -0.25) is 0 Å². The fourth-order valence-corrected chi connectivity index (χ4v) is 2.79. The summed E-state index contributed by atoms with van der Waals surface area (Å²) in [5.74, 6) is 0.853. The van der Waals surface area contributed by atoms with Gasteiger partial charge in [-0.25, -0.2) is 0 Å². The highest BCUT2D eigenvalue weighted by molar-refractivity contribution is 4.94. The molecule has 0 spiro atoms. The fourth-order valence-electron chi connectivity index (χ4n) is 2.79. The molecule has 1 aliphatic rings. The zero-order valence-corrected chi connectivity index (χ0v) is 11.2. The third-order valence-corrected chi connectivity index (χ3v) is 4.43. The summed E-state index contributed by atoms with van der Waals surface area (Å²) in [5.41, 5.74) is 6.14. The van der Waals surface area contributed by atoms with E-state index < -0.39 is 0 Å². The van der Waals surface area contributed by atoms with E-state index in [1.54, 1.807) is 0 Å². The first-order valence-corrected chi connectivity index (χ1v) is 7.21. The molecule has 0 amide bonds. The predicted molar refractivity (Wildman–Crippen MR) is 71.6 cm³/mol. The Hall–Kier alpha value is -0.0800. The Morgan fingerprint density at radius 1 is 1.25 bits per heavy atom. The van der Waals surface area contributed by atoms with Crippen LogP contribution in [-0.4, -0.2) is 18.6 Å². The molecular weight excluding hydrogens is 196 g/mol. The van der Waals surface area contributed by atoms with E-state index in [4.69, 9.17) is 5.73 Å². The van der Waals surface area contributed by atoms with Crippen LogP contribution in [0.2, 0.25) is 0 Å². The minimum atomic E-state index is 0.523. The summed E-state index contributed by atoms with van der Waals surface area (Å²) in [6, 6.07) is 0. The second-order valence-electron chi connectivity index (χ2n) is 5.41. The maximum Gasteiger partial charge on any atom is 0.0178 e. The molecule has 0 aromatic rings. The summed E-state index contributed by atoms with van der Waals surface area (Å²) in [5, 5.41) is 3.77. The molecule has 2 nitrogen and oxygen atoms in total. The van der Waals surface area contributed by atoms with E-state index in [0.717, 1.165) is 12.5 Å². The molecule has 0 saturated heterocycles. The van der Waals surface area contributed by atoms with Gasteiger partial charge < -0.3 is 11.1 Å². The van der Waals surface area contributed by atoms with Crippen molar-refractivity contribution in [2.45, 2.75) is 70.8 Å². The Morgan fingerprint density at radius 3 is 2.44 bits per heavy atom. The summed E-state index contributed by atoms with van der Waals surface area (Å²) in [7, 11) is 0. The Morgan fingerprint density at radius 2 is 2.00 bits per heavy atom. The van der Waals surface area contributed by atoms with Gasteiger partial charge in [0.2, 0.25) is 0 Å². The van der Waals surface area contributed by atoms with E-state index in [2.05, 4.69) is 19.2 Å². The molecule has 1 rings (SSSR count). The topological polar surface area (TPSA) is 38.0 Å². The van der Waals surface area contributed by atoms with Crippen molar-refractivity contribution in [2.24, 2.45) is 11.7 Å². The van der Waals surface area contributed by atoms with Gasteiger partial charge in [0.1, 0.15) is 0 Å². The average Bonchev–Trinajstić information content (AvgIpc) is 2.25. The molecule has 1 fully saturated rings. The van der Waals surface area contributed by atoms with Crippen molar-refractivity contribution < 1.29 is 0 Å². The van der Waals surface area contributed by atoms with Crippen LogP contribution in [-0.2, 0) is 0 Å². The van der Waals surface area contributed by atoms with Gasteiger partial charge in [-0.05, 0) is 64.0 Å². The lowest BCUT2D eigenvalue weighted by molar-refractivity contribution is 0.176. The van der Waals surface area contributed by atoms with Crippen LogP contribution in [0.5, 0.6) is 0 Å². The maximum absolute atomic E-state index is 5.62. The molecule has 0 aromatic carbocycles. The highest BCUT2D eigenvalue weighted by Gasteiger charge is 2.33. The van der Waals surface area contributed by atoms with Crippen molar-refractivity contribution >= 4 is 0 Å². The van der Waals surface area contributed by atoms with Crippen LogP contribution in [0.15, 0.2) is 0 Å². The third-order valence-electron chi connectivity index (χ3n) is 4.43. The number of hydrogen-bond acceptors (Lipinski definition) is 2. The molecule has 3 N–H and O–H groups in total. The van der Waals surface area contributed by atoms with E-state index in [0.29, 0.717) is 5.54 Å². The van der Waals surface area contributed by atoms with Gasteiger partial charge in [0.25, 0.3) is 0 Å². The Kier molecular flexibility index (Phi) is 6.37. The van der Waals surface area contributed by atoms with E-state index >= 15 is 0 Å². The van der Waals surface area contributed by atoms with Crippen LogP contribution in [0.4, 0.5) is 0 Å². The monoisotopic (exact) mass is 226 g/mol. The smallest absolute Gasteiger partial charge is 0.0178 e. The van der Waals surface area contributed by atoms with Gasteiger partial charge in [0.15, 0.2) is 0 Å². The first-order chi connectivity index (χ1) is 7.76. The van der Waals surface area contributed by atoms with Crippen molar-refractivity contribution in [3.8, 4) is 0 Å².